The summed E-state index contributed by atoms with van der Waals surface area (Å²) in [5, 5.41) is 6.26. The molecule has 7 nitrogen and oxygen atoms in total. The highest BCUT2D eigenvalue weighted by Crippen LogP contribution is 2.14. The van der Waals surface area contributed by atoms with E-state index in [4.69, 9.17) is 9.26 Å². The van der Waals surface area contributed by atoms with Crippen molar-refractivity contribution < 1.29 is 23.6 Å². The summed E-state index contributed by atoms with van der Waals surface area (Å²) in [7, 11) is 0. The van der Waals surface area contributed by atoms with Crippen LogP contribution < -0.4 is 5.32 Å². The maximum Gasteiger partial charge on any atom is 0.344 e. The molecule has 0 fully saturated rings. The second-order valence-electron chi connectivity index (χ2n) is 4.96. The van der Waals surface area contributed by atoms with Crippen molar-refractivity contribution in [2.75, 3.05) is 11.9 Å². The number of nitrogens with zero attached hydrogens (tertiary/aromatic N) is 1. The van der Waals surface area contributed by atoms with Gasteiger partial charge < -0.3 is 14.6 Å². The molecule has 2 rings (SSSR count). The number of ketones is 1. The number of esters is 1. The Labute approximate surface area is 132 Å². The molecule has 1 N–H and O–H groups in total. The Balaban J connectivity index is 1.97. The predicted molar refractivity (Wildman–Crippen MR) is 81.3 cm³/mol. The predicted octanol–water partition coefficient (Wildman–Crippen LogP) is 2.29. The fraction of sp³-hybridized carbons (Fsp3) is 0.250. The van der Waals surface area contributed by atoms with Crippen molar-refractivity contribution in [3.8, 4) is 0 Å². The number of hydrogen-bond donors (Lipinski definition) is 1. The summed E-state index contributed by atoms with van der Waals surface area (Å²) in [6, 6.07) is 6.31. The second kappa shape index (κ2) is 6.87. The van der Waals surface area contributed by atoms with Crippen LogP contribution in [0.5, 0.6) is 0 Å². The first-order valence-corrected chi connectivity index (χ1v) is 6.89. The van der Waals surface area contributed by atoms with Gasteiger partial charge in [-0.3, -0.25) is 9.59 Å². The Morgan fingerprint density at radius 2 is 1.83 bits per heavy atom. The number of aryl methyl sites for hydroxylation is 2. The molecule has 120 valence electrons. The fourth-order valence-electron chi connectivity index (χ4n) is 2.00. The van der Waals surface area contributed by atoms with E-state index in [9.17, 15) is 14.4 Å². The van der Waals surface area contributed by atoms with Crippen LogP contribution in [0.2, 0.25) is 0 Å². The van der Waals surface area contributed by atoms with Gasteiger partial charge in [-0.25, -0.2) is 4.79 Å². The highest BCUT2D eigenvalue weighted by atomic mass is 16.5. The lowest BCUT2D eigenvalue weighted by molar-refractivity contribution is -0.114. The Hall–Kier alpha value is -2.96. The van der Waals surface area contributed by atoms with Crippen molar-refractivity contribution in [3.63, 3.8) is 0 Å². The minimum Gasteiger partial charge on any atom is -0.454 e. The Morgan fingerprint density at radius 1 is 1.17 bits per heavy atom. The highest BCUT2D eigenvalue weighted by Gasteiger charge is 2.20. The quantitative estimate of drug-likeness (QED) is 0.671. The number of benzene rings is 1. The van der Waals surface area contributed by atoms with E-state index in [2.05, 4.69) is 10.5 Å². The lowest BCUT2D eigenvalue weighted by Crippen LogP contribution is -2.15. The van der Waals surface area contributed by atoms with Crippen LogP contribution >= 0.6 is 0 Å². The van der Waals surface area contributed by atoms with Gasteiger partial charge in [-0.15, -0.1) is 0 Å². The van der Waals surface area contributed by atoms with Gasteiger partial charge >= 0.3 is 5.97 Å². The highest BCUT2D eigenvalue weighted by molar-refractivity contribution is 6.00. The number of carbonyl (C=O) groups is 3. The number of ether oxygens (including phenoxy) is 1. The van der Waals surface area contributed by atoms with Crippen LogP contribution in [-0.2, 0) is 9.53 Å². The molecule has 0 bridgehead atoms. The molecule has 0 radical (unpaired) electrons. The smallest absolute Gasteiger partial charge is 0.344 e. The lowest BCUT2D eigenvalue weighted by atomic mass is 10.1. The van der Waals surface area contributed by atoms with E-state index in [1.807, 2.05) is 0 Å². The summed E-state index contributed by atoms with van der Waals surface area (Å²) in [6.45, 7) is 4.23. The zero-order chi connectivity index (χ0) is 17.0. The van der Waals surface area contributed by atoms with E-state index in [1.165, 1.54) is 6.92 Å². The minimum absolute atomic E-state index is 0.197. The molecule has 1 heterocycles. The van der Waals surface area contributed by atoms with Crippen LogP contribution in [0.25, 0.3) is 0 Å². The molecule has 1 aromatic heterocycles. The molecular weight excluding hydrogens is 300 g/mol. The molecule has 0 atom stereocenters. The molecule has 7 heteroatoms. The molecule has 0 unspecified atom stereocenters. The van der Waals surface area contributed by atoms with Crippen molar-refractivity contribution in [2.45, 2.75) is 20.8 Å². The maximum absolute atomic E-state index is 12.0. The van der Waals surface area contributed by atoms with Gasteiger partial charge in [0.1, 0.15) is 11.3 Å². The number of amides is 1. The van der Waals surface area contributed by atoms with E-state index >= 15 is 0 Å². The molecule has 1 aromatic carbocycles. The van der Waals surface area contributed by atoms with Crippen LogP contribution in [0.4, 0.5) is 5.69 Å². The van der Waals surface area contributed by atoms with Gasteiger partial charge in [0.05, 0.1) is 5.69 Å². The molecule has 23 heavy (non-hydrogen) atoms. The van der Waals surface area contributed by atoms with E-state index in [1.54, 1.807) is 38.1 Å². The van der Waals surface area contributed by atoms with E-state index in [-0.39, 0.29) is 23.9 Å². The number of anilines is 1. The summed E-state index contributed by atoms with van der Waals surface area (Å²) >= 11 is 0. The first kappa shape index (κ1) is 16.4. The standard InChI is InChI=1S/C16H16N2O5/c1-9-15(10(2)23-18-9)16(21)22-8-14(20)12-4-6-13(7-5-12)17-11(3)19/h4-7H,8H2,1-3H3,(H,17,19). The van der Waals surface area contributed by atoms with Gasteiger partial charge in [0.25, 0.3) is 0 Å². The number of Topliss-reactive ketones (excluding diaryl/α,β-unsaturated/α-hetero) is 1. The third-order valence-corrected chi connectivity index (χ3v) is 3.10. The first-order valence-electron chi connectivity index (χ1n) is 6.89. The first-order chi connectivity index (χ1) is 10.9. The molecule has 0 saturated heterocycles. The molecule has 1 amide bonds. The van der Waals surface area contributed by atoms with E-state index in [0.717, 1.165) is 0 Å². The Kier molecular flexibility index (Phi) is 4.90. The number of nitrogens with one attached hydrogen (secondary N) is 1. The van der Waals surface area contributed by atoms with Crippen LogP contribution in [-0.4, -0.2) is 29.4 Å². The van der Waals surface area contributed by atoms with Gasteiger partial charge in [-0.1, -0.05) is 5.16 Å². The largest absolute Gasteiger partial charge is 0.454 e. The molecule has 0 spiro atoms. The molecule has 0 saturated carbocycles. The lowest BCUT2D eigenvalue weighted by Gasteiger charge is -2.05. The van der Waals surface area contributed by atoms with Gasteiger partial charge in [0.2, 0.25) is 5.91 Å². The average Bonchev–Trinajstić information content (AvgIpc) is 2.84. The minimum atomic E-state index is -0.649. The van der Waals surface area contributed by atoms with Crippen LogP contribution in [0.3, 0.4) is 0 Å². The van der Waals surface area contributed by atoms with Crippen LogP contribution in [0.15, 0.2) is 28.8 Å². The number of rotatable bonds is 5. The maximum atomic E-state index is 12.0. The van der Waals surface area contributed by atoms with Gasteiger partial charge in [0, 0.05) is 18.2 Å². The molecular formula is C16H16N2O5. The van der Waals surface area contributed by atoms with Gasteiger partial charge in [-0.2, -0.15) is 0 Å². The zero-order valence-electron chi connectivity index (χ0n) is 13.0. The third-order valence-electron chi connectivity index (χ3n) is 3.10. The molecule has 0 aliphatic heterocycles. The van der Waals surface area contributed by atoms with Crippen molar-refractivity contribution in [3.05, 3.63) is 46.8 Å². The average molecular weight is 316 g/mol. The fourth-order valence-corrected chi connectivity index (χ4v) is 2.00. The summed E-state index contributed by atoms with van der Waals surface area (Å²) in [4.78, 5) is 34.9. The van der Waals surface area contributed by atoms with E-state index in [0.29, 0.717) is 22.7 Å². The van der Waals surface area contributed by atoms with Crippen molar-refractivity contribution in [1.82, 2.24) is 5.16 Å². The van der Waals surface area contributed by atoms with E-state index < -0.39 is 5.97 Å². The zero-order valence-corrected chi connectivity index (χ0v) is 13.0. The number of carbonyl (C=O) groups excluding carboxylic acids is 3. The number of hydrogen-bond acceptors (Lipinski definition) is 6. The van der Waals surface area contributed by atoms with Crippen molar-refractivity contribution in [2.24, 2.45) is 0 Å². The molecule has 0 aliphatic rings. The Morgan fingerprint density at radius 3 is 2.35 bits per heavy atom. The summed E-state index contributed by atoms with van der Waals surface area (Å²) in [6.07, 6.45) is 0. The molecule has 0 aliphatic carbocycles. The van der Waals surface area contributed by atoms with Crippen LogP contribution in [0, 0.1) is 13.8 Å². The Bertz CT molecular complexity index is 727. The second-order valence-corrected chi connectivity index (χ2v) is 4.96. The number of aromatic nitrogens is 1. The summed E-state index contributed by atoms with van der Waals surface area (Å²) < 4.78 is 9.88. The summed E-state index contributed by atoms with van der Waals surface area (Å²) in [5.41, 5.74) is 1.62. The van der Waals surface area contributed by atoms with Crippen LogP contribution in [0.1, 0.15) is 39.1 Å². The molecule has 2 aromatic rings. The van der Waals surface area contributed by atoms with Crippen molar-refractivity contribution in [1.29, 1.82) is 0 Å². The monoisotopic (exact) mass is 316 g/mol. The van der Waals surface area contributed by atoms with Gasteiger partial charge in [0.15, 0.2) is 12.4 Å². The van der Waals surface area contributed by atoms with Crippen molar-refractivity contribution >= 4 is 23.3 Å². The SMILES string of the molecule is CC(=O)Nc1ccc(C(=O)COC(=O)c2c(C)noc2C)cc1. The normalized spacial score (nSPS) is 10.2. The summed E-state index contributed by atoms with van der Waals surface area (Å²) in [5.74, 6) is -0.846. The topological polar surface area (TPSA) is 98.5 Å². The van der Waals surface area contributed by atoms with Gasteiger partial charge in [-0.05, 0) is 38.1 Å². The third kappa shape index (κ3) is 4.03.